The minimum absolute atomic E-state index is 0.108. The molecule has 0 radical (unpaired) electrons. The average Bonchev–Trinajstić information content (AvgIpc) is 2.54. The summed E-state index contributed by atoms with van der Waals surface area (Å²) < 4.78 is 0. The third-order valence-corrected chi connectivity index (χ3v) is 4.91. The van der Waals surface area contributed by atoms with E-state index in [9.17, 15) is 29.9 Å². The lowest BCUT2D eigenvalue weighted by atomic mass is 9.67. The van der Waals surface area contributed by atoms with Crippen LogP contribution in [0.5, 0.6) is 0 Å². The lowest BCUT2D eigenvalue weighted by Crippen LogP contribution is -2.44. The molecular formula is C18H20N2O6. The first kappa shape index (κ1) is 19.2. The van der Waals surface area contributed by atoms with Crippen LogP contribution in [-0.2, 0) is 15.0 Å². The van der Waals surface area contributed by atoms with Crippen LogP contribution in [0.25, 0.3) is 0 Å². The molecule has 26 heavy (non-hydrogen) atoms. The van der Waals surface area contributed by atoms with Crippen LogP contribution in [0.2, 0.25) is 0 Å². The Hall–Kier alpha value is -3.16. The number of nitrogens with zero attached hydrogens (tertiary/aromatic N) is 2. The van der Waals surface area contributed by atoms with Gasteiger partial charge in [0.1, 0.15) is 0 Å². The van der Waals surface area contributed by atoms with Gasteiger partial charge in [0, 0.05) is 30.1 Å². The van der Waals surface area contributed by atoms with Gasteiger partial charge in [0.2, 0.25) is 0 Å². The van der Waals surface area contributed by atoms with E-state index in [2.05, 4.69) is 0 Å². The molecule has 8 heteroatoms. The minimum Gasteiger partial charge on any atom is -0.478 e. The monoisotopic (exact) mass is 360 g/mol. The molecule has 0 fully saturated rings. The number of nitro benzene ring substituents is 1. The van der Waals surface area contributed by atoms with Crippen LogP contribution in [-0.4, -0.2) is 38.5 Å². The van der Waals surface area contributed by atoms with Crippen molar-refractivity contribution in [1.29, 1.82) is 0 Å². The lowest BCUT2D eigenvalue weighted by molar-refractivity contribution is -0.384. The molecule has 0 saturated heterocycles. The van der Waals surface area contributed by atoms with E-state index in [4.69, 9.17) is 0 Å². The summed E-state index contributed by atoms with van der Waals surface area (Å²) in [6.45, 7) is 6.91. The van der Waals surface area contributed by atoms with Crippen molar-refractivity contribution in [1.82, 2.24) is 4.90 Å². The number of non-ortho nitro benzene ring substituents is 1. The van der Waals surface area contributed by atoms with E-state index in [1.165, 1.54) is 31.2 Å². The Morgan fingerprint density at radius 3 is 2.04 bits per heavy atom. The van der Waals surface area contributed by atoms with Crippen molar-refractivity contribution in [2.75, 3.05) is 6.54 Å². The number of rotatable bonds is 5. The SMILES string of the molecule is CCN1C(C)=C(C(=O)O)C(C)(c2cccc([N+](=O)[O-])c2)C(C(=O)O)=C1C. The molecule has 0 atom stereocenters. The van der Waals surface area contributed by atoms with Gasteiger partial charge in [-0.2, -0.15) is 0 Å². The number of hydrogen-bond acceptors (Lipinski definition) is 5. The van der Waals surface area contributed by atoms with Gasteiger partial charge in [-0.3, -0.25) is 10.1 Å². The number of hydrogen-bond donors (Lipinski definition) is 2. The number of allylic oxidation sites excluding steroid dienone is 2. The second-order valence-corrected chi connectivity index (χ2v) is 6.21. The first-order valence-electron chi connectivity index (χ1n) is 7.99. The third-order valence-electron chi connectivity index (χ3n) is 4.91. The van der Waals surface area contributed by atoms with Gasteiger partial charge in [0.25, 0.3) is 5.69 Å². The molecule has 1 aromatic carbocycles. The topological polar surface area (TPSA) is 121 Å². The summed E-state index contributed by atoms with van der Waals surface area (Å²) in [7, 11) is 0. The van der Waals surface area contributed by atoms with E-state index >= 15 is 0 Å². The highest BCUT2D eigenvalue weighted by Gasteiger charge is 2.48. The molecule has 1 aliphatic rings. The smallest absolute Gasteiger partial charge is 0.334 e. The molecule has 0 spiro atoms. The normalized spacial score (nSPS) is 16.7. The zero-order valence-corrected chi connectivity index (χ0v) is 14.9. The van der Waals surface area contributed by atoms with Crippen molar-refractivity contribution in [3.8, 4) is 0 Å². The van der Waals surface area contributed by atoms with E-state index in [0.29, 0.717) is 17.9 Å². The van der Waals surface area contributed by atoms with Crippen molar-refractivity contribution in [3.63, 3.8) is 0 Å². The highest BCUT2D eigenvalue weighted by Crippen LogP contribution is 2.47. The summed E-state index contributed by atoms with van der Waals surface area (Å²) in [5, 5.41) is 30.8. The molecule has 0 unspecified atom stereocenters. The standard InChI is InChI=1S/C18H20N2O6/c1-5-19-10(2)14(16(21)22)18(4,15(11(19)3)17(23)24)12-7-6-8-13(9-12)20(25)26/h6-9H,5H2,1-4H3,(H,21,22)(H,23,24). The fourth-order valence-electron chi connectivity index (χ4n) is 3.80. The van der Waals surface area contributed by atoms with E-state index in [0.717, 1.165) is 0 Å². The Balaban J connectivity index is 2.93. The zero-order valence-electron chi connectivity index (χ0n) is 14.9. The first-order valence-corrected chi connectivity index (χ1v) is 7.99. The van der Waals surface area contributed by atoms with Gasteiger partial charge >= 0.3 is 11.9 Å². The van der Waals surface area contributed by atoms with Crippen molar-refractivity contribution in [2.45, 2.75) is 33.1 Å². The van der Waals surface area contributed by atoms with Gasteiger partial charge in [-0.05, 0) is 33.3 Å². The van der Waals surface area contributed by atoms with Crippen molar-refractivity contribution >= 4 is 17.6 Å². The summed E-state index contributed by atoms with van der Waals surface area (Å²) in [5.74, 6) is -2.53. The number of carboxylic acid groups (broad SMARTS) is 2. The maximum Gasteiger partial charge on any atom is 0.334 e. The van der Waals surface area contributed by atoms with E-state index < -0.39 is 22.3 Å². The maximum absolute atomic E-state index is 12.1. The number of nitro groups is 1. The molecule has 1 heterocycles. The predicted octanol–water partition coefficient (Wildman–Crippen LogP) is 2.91. The average molecular weight is 360 g/mol. The first-order chi connectivity index (χ1) is 12.1. The van der Waals surface area contributed by atoms with Crippen LogP contribution in [0.1, 0.15) is 33.3 Å². The molecule has 138 valence electrons. The Kier molecular flexibility index (Phi) is 4.88. The second-order valence-electron chi connectivity index (χ2n) is 6.21. The predicted molar refractivity (Wildman–Crippen MR) is 93.5 cm³/mol. The Morgan fingerprint density at radius 2 is 1.65 bits per heavy atom. The van der Waals surface area contributed by atoms with Gasteiger partial charge in [-0.1, -0.05) is 12.1 Å². The zero-order chi connectivity index (χ0) is 19.8. The van der Waals surface area contributed by atoms with Gasteiger partial charge in [-0.15, -0.1) is 0 Å². The van der Waals surface area contributed by atoms with Crippen LogP contribution < -0.4 is 0 Å². The van der Waals surface area contributed by atoms with Crippen LogP contribution in [0.3, 0.4) is 0 Å². The van der Waals surface area contributed by atoms with Gasteiger partial charge in [0.15, 0.2) is 0 Å². The Morgan fingerprint density at radius 1 is 1.15 bits per heavy atom. The highest BCUT2D eigenvalue weighted by molar-refractivity contribution is 6.00. The minimum atomic E-state index is -1.54. The van der Waals surface area contributed by atoms with Crippen molar-refractivity contribution in [3.05, 3.63) is 62.5 Å². The molecule has 1 aromatic rings. The maximum atomic E-state index is 12.1. The number of benzene rings is 1. The number of carboxylic acids is 2. The summed E-state index contributed by atoms with van der Waals surface area (Å²) in [4.78, 5) is 36.3. The molecular weight excluding hydrogens is 340 g/mol. The quantitative estimate of drug-likeness (QED) is 0.611. The molecule has 0 aromatic heterocycles. The fourth-order valence-corrected chi connectivity index (χ4v) is 3.80. The Bertz CT molecular complexity index is 830. The van der Waals surface area contributed by atoms with Crippen LogP contribution in [0, 0.1) is 10.1 Å². The summed E-state index contributed by atoms with van der Waals surface area (Å²) in [6, 6.07) is 5.45. The highest BCUT2D eigenvalue weighted by atomic mass is 16.6. The molecule has 2 N–H and O–H groups in total. The third kappa shape index (κ3) is 2.73. The van der Waals surface area contributed by atoms with Crippen LogP contribution in [0.4, 0.5) is 5.69 Å². The summed E-state index contributed by atoms with van der Waals surface area (Å²) in [5.41, 5.74) is -0.912. The number of aliphatic carboxylic acids is 2. The van der Waals surface area contributed by atoms with Crippen LogP contribution in [0.15, 0.2) is 46.8 Å². The van der Waals surface area contributed by atoms with Gasteiger partial charge < -0.3 is 15.1 Å². The van der Waals surface area contributed by atoms with E-state index in [1.54, 1.807) is 25.7 Å². The lowest BCUT2D eigenvalue weighted by Gasteiger charge is -2.42. The summed E-state index contributed by atoms with van der Waals surface area (Å²) >= 11 is 0. The van der Waals surface area contributed by atoms with Gasteiger partial charge in [-0.25, -0.2) is 9.59 Å². The molecule has 8 nitrogen and oxygen atoms in total. The van der Waals surface area contributed by atoms with Crippen LogP contribution >= 0.6 is 0 Å². The van der Waals surface area contributed by atoms with Crippen molar-refractivity contribution in [2.24, 2.45) is 0 Å². The fraction of sp³-hybridized carbons (Fsp3) is 0.333. The molecule has 0 saturated carbocycles. The van der Waals surface area contributed by atoms with Gasteiger partial charge in [0.05, 0.1) is 21.5 Å². The molecule has 2 rings (SSSR count). The second kappa shape index (κ2) is 6.62. The Labute approximate surface area is 150 Å². The number of carbonyl (C=O) groups is 2. The molecule has 0 amide bonds. The molecule has 0 bridgehead atoms. The van der Waals surface area contributed by atoms with E-state index in [1.807, 2.05) is 0 Å². The largest absolute Gasteiger partial charge is 0.478 e. The molecule has 1 aliphatic heterocycles. The molecule has 0 aliphatic carbocycles. The van der Waals surface area contributed by atoms with Crippen molar-refractivity contribution < 1.29 is 24.7 Å². The summed E-state index contributed by atoms with van der Waals surface area (Å²) in [6.07, 6.45) is 0. The van der Waals surface area contributed by atoms with E-state index in [-0.39, 0.29) is 22.4 Å².